The van der Waals surface area contributed by atoms with Crippen LogP contribution in [0.1, 0.15) is 59.6 Å². The number of aliphatic hydroxyl groups is 3. The highest BCUT2D eigenvalue weighted by molar-refractivity contribution is 7.54. The van der Waals surface area contributed by atoms with Gasteiger partial charge in [0.1, 0.15) is 17.7 Å². The van der Waals surface area contributed by atoms with Crippen LogP contribution in [0.15, 0.2) is 12.7 Å². The van der Waals surface area contributed by atoms with Crippen molar-refractivity contribution < 1.29 is 34.0 Å². The molecule has 0 radical (unpaired) electrons. The third-order valence-electron chi connectivity index (χ3n) is 6.77. The van der Waals surface area contributed by atoms with Crippen molar-refractivity contribution in [1.82, 2.24) is 19.1 Å². The van der Waals surface area contributed by atoms with Crippen LogP contribution in [0.4, 0.5) is 0 Å². The Balaban J connectivity index is 1.89. The van der Waals surface area contributed by atoms with E-state index in [0.29, 0.717) is 24.0 Å². The molecule has 0 aliphatic carbocycles. The van der Waals surface area contributed by atoms with Crippen LogP contribution in [0.2, 0.25) is 0 Å². The van der Waals surface area contributed by atoms with Crippen molar-refractivity contribution >= 4 is 18.8 Å². The zero-order valence-electron chi connectivity index (χ0n) is 19.5. The van der Waals surface area contributed by atoms with Crippen LogP contribution in [0, 0.1) is 5.41 Å². The highest BCUT2D eigenvalue weighted by Crippen LogP contribution is 2.59. The van der Waals surface area contributed by atoms with Crippen molar-refractivity contribution in [3.63, 3.8) is 0 Å². The van der Waals surface area contributed by atoms with E-state index in [-0.39, 0.29) is 18.3 Å². The van der Waals surface area contributed by atoms with Crippen molar-refractivity contribution in [3.05, 3.63) is 18.1 Å². The molecule has 6 atom stereocenters. The minimum absolute atomic E-state index is 0.0117. The largest absolute Gasteiger partial charge is 0.388 e. The Morgan fingerprint density at radius 2 is 1.82 bits per heavy atom. The van der Waals surface area contributed by atoms with Gasteiger partial charge >= 0.3 is 7.60 Å². The second-order valence-electron chi connectivity index (χ2n) is 8.85. The van der Waals surface area contributed by atoms with Crippen LogP contribution in [-0.4, -0.2) is 68.6 Å². The molecular weight excluding hydrogens is 453 g/mol. The fraction of sp³-hybridized carbons (Fsp3) is 0.750. The minimum Gasteiger partial charge on any atom is -0.388 e. The fourth-order valence-corrected chi connectivity index (χ4v) is 5.42. The molecule has 1 fully saturated rings. The summed E-state index contributed by atoms with van der Waals surface area (Å²) in [7, 11) is -2.77. The van der Waals surface area contributed by atoms with Gasteiger partial charge in [0.2, 0.25) is 0 Å². The van der Waals surface area contributed by atoms with Crippen molar-refractivity contribution in [1.29, 1.82) is 5.41 Å². The summed E-state index contributed by atoms with van der Waals surface area (Å²) in [6.45, 7) is 6.40. The number of ether oxygens (including phenoxy) is 1. The molecule has 0 saturated carbocycles. The summed E-state index contributed by atoms with van der Waals surface area (Å²) in [6.07, 6.45) is -1.10. The first-order chi connectivity index (χ1) is 15.3. The van der Waals surface area contributed by atoms with Crippen LogP contribution in [0.5, 0.6) is 0 Å². The number of rotatable bonds is 9. The van der Waals surface area contributed by atoms with Crippen LogP contribution < -0.4 is 5.49 Å². The van der Waals surface area contributed by atoms with E-state index in [1.807, 2.05) is 0 Å². The molecule has 3 unspecified atom stereocenters. The van der Waals surface area contributed by atoms with Crippen LogP contribution in [0.25, 0.3) is 11.2 Å². The first-order valence-corrected chi connectivity index (χ1v) is 12.6. The molecule has 1 aliphatic rings. The lowest BCUT2D eigenvalue weighted by atomic mass is 9.88. The molecule has 2 aromatic heterocycles. The SMILES string of the molecule is CCC(CC)(CC1O[C@@H](n2cnc3c(=N)n(C)cnc32)[C@H](O)[C@@H]1O)OP(=O)(O)C(C)(O)CC. The Morgan fingerprint density at radius 3 is 2.39 bits per heavy atom. The highest BCUT2D eigenvalue weighted by Gasteiger charge is 2.51. The number of nitrogens with zero attached hydrogens (tertiary/aromatic N) is 4. The van der Waals surface area contributed by atoms with Crippen LogP contribution >= 0.6 is 7.60 Å². The molecule has 1 saturated heterocycles. The topological polar surface area (TPSA) is 176 Å². The summed E-state index contributed by atoms with van der Waals surface area (Å²) in [5, 5.41) is 38.1. The summed E-state index contributed by atoms with van der Waals surface area (Å²) in [6, 6.07) is 0. The maximum Gasteiger partial charge on any atom is 0.359 e. The molecule has 0 bridgehead atoms. The molecule has 0 spiro atoms. The lowest BCUT2D eigenvalue weighted by molar-refractivity contribution is -0.0753. The van der Waals surface area contributed by atoms with E-state index in [1.165, 1.54) is 28.7 Å². The number of nitrogens with one attached hydrogen (secondary N) is 1. The minimum atomic E-state index is -4.44. The van der Waals surface area contributed by atoms with E-state index in [4.69, 9.17) is 14.7 Å². The van der Waals surface area contributed by atoms with Gasteiger partial charge in [-0.1, -0.05) is 20.8 Å². The summed E-state index contributed by atoms with van der Waals surface area (Å²) in [5.74, 6) is 0. The molecule has 0 amide bonds. The van der Waals surface area contributed by atoms with E-state index in [1.54, 1.807) is 27.8 Å². The average molecular weight is 487 g/mol. The number of aromatic nitrogens is 4. The van der Waals surface area contributed by atoms with Crippen molar-refractivity contribution in [3.8, 4) is 0 Å². The predicted molar refractivity (Wildman–Crippen MR) is 118 cm³/mol. The summed E-state index contributed by atoms with van der Waals surface area (Å²) in [4.78, 5) is 19.0. The normalized spacial score (nSPS) is 27.5. The number of hydrogen-bond acceptors (Lipinski definition) is 9. The number of aryl methyl sites for hydroxylation is 1. The third-order valence-corrected chi connectivity index (χ3v) is 8.94. The maximum absolute atomic E-state index is 12.9. The van der Waals surface area contributed by atoms with E-state index in [9.17, 15) is 24.8 Å². The van der Waals surface area contributed by atoms with Gasteiger partial charge in [-0.25, -0.2) is 9.97 Å². The second-order valence-corrected chi connectivity index (χ2v) is 11.0. The lowest BCUT2D eigenvalue weighted by Crippen LogP contribution is -2.41. The zero-order chi connectivity index (χ0) is 24.8. The Bertz CT molecular complexity index is 1100. The van der Waals surface area contributed by atoms with E-state index >= 15 is 0 Å². The molecule has 5 N–H and O–H groups in total. The van der Waals surface area contributed by atoms with Gasteiger partial charge in [-0.2, -0.15) is 0 Å². The maximum atomic E-state index is 12.9. The summed E-state index contributed by atoms with van der Waals surface area (Å²) < 4.78 is 27.5. The summed E-state index contributed by atoms with van der Waals surface area (Å²) in [5.41, 5.74) is -0.408. The molecule has 2 aromatic rings. The Labute approximate surface area is 191 Å². The Kier molecular flexibility index (Phi) is 7.22. The van der Waals surface area contributed by atoms with Gasteiger partial charge in [-0.3, -0.25) is 19.1 Å². The first kappa shape index (κ1) is 26.0. The molecule has 33 heavy (non-hydrogen) atoms. The average Bonchev–Trinajstić information content (AvgIpc) is 3.32. The predicted octanol–water partition coefficient (Wildman–Crippen LogP) is 1.14. The monoisotopic (exact) mass is 487 g/mol. The van der Waals surface area contributed by atoms with E-state index < -0.39 is 43.1 Å². The van der Waals surface area contributed by atoms with Crippen molar-refractivity contribution in [2.75, 3.05) is 0 Å². The van der Waals surface area contributed by atoms with Gasteiger partial charge < -0.3 is 29.5 Å². The van der Waals surface area contributed by atoms with Gasteiger partial charge in [0, 0.05) is 13.5 Å². The molecular formula is C20H34N5O7P. The molecule has 0 aromatic carbocycles. The van der Waals surface area contributed by atoms with E-state index in [2.05, 4.69) is 9.97 Å². The summed E-state index contributed by atoms with van der Waals surface area (Å²) >= 11 is 0. The molecule has 3 rings (SSSR count). The molecule has 3 heterocycles. The zero-order valence-corrected chi connectivity index (χ0v) is 20.4. The van der Waals surface area contributed by atoms with Crippen molar-refractivity contribution in [2.45, 2.75) is 88.9 Å². The van der Waals surface area contributed by atoms with Crippen LogP contribution in [0.3, 0.4) is 0 Å². The number of imidazole rings is 1. The van der Waals surface area contributed by atoms with Gasteiger partial charge in [0.15, 0.2) is 22.7 Å². The Hall–Kier alpha value is -1.66. The van der Waals surface area contributed by atoms with Gasteiger partial charge in [0.05, 0.1) is 24.4 Å². The van der Waals surface area contributed by atoms with Gasteiger partial charge in [0.25, 0.3) is 0 Å². The van der Waals surface area contributed by atoms with Gasteiger partial charge in [-0.15, -0.1) is 0 Å². The lowest BCUT2D eigenvalue weighted by Gasteiger charge is -2.39. The first-order valence-electron chi connectivity index (χ1n) is 11.0. The second kappa shape index (κ2) is 9.18. The van der Waals surface area contributed by atoms with Crippen molar-refractivity contribution in [2.24, 2.45) is 7.05 Å². The molecule has 186 valence electrons. The standard InChI is InChI=1S/C20H34N5O7P/c1-6-19(4,28)33(29,30)32-20(7-2,8-3)9-12-14(26)15(27)18(31-12)25-11-22-13-16(21)24(5)10-23-17(13)25/h10-12,14-15,18,21,26-28H,6-9H2,1-5H3,(H,29,30)/t12?,14-,15-,18-,19?/m1/s1. The molecule has 13 heteroatoms. The molecule has 12 nitrogen and oxygen atoms in total. The smallest absolute Gasteiger partial charge is 0.359 e. The Morgan fingerprint density at radius 1 is 1.18 bits per heavy atom. The van der Waals surface area contributed by atoms with E-state index in [0.717, 1.165) is 0 Å². The number of fused-ring (bicyclic) bond motifs is 1. The molecule has 1 aliphatic heterocycles. The number of hydrogen-bond donors (Lipinski definition) is 5. The quantitative estimate of drug-likeness (QED) is 0.325. The van der Waals surface area contributed by atoms with Gasteiger partial charge in [-0.05, 0) is 26.2 Å². The highest BCUT2D eigenvalue weighted by atomic mass is 31.2. The third kappa shape index (κ3) is 4.53. The number of aliphatic hydroxyl groups excluding tert-OH is 2. The van der Waals surface area contributed by atoms with Crippen LogP contribution in [-0.2, 0) is 20.9 Å². The fourth-order valence-electron chi connectivity index (χ4n) is 3.96.